The average Bonchev–Trinajstić information content (AvgIpc) is 3.01. The fourth-order valence-corrected chi connectivity index (χ4v) is 3.24. The van der Waals surface area contributed by atoms with Crippen molar-refractivity contribution in [1.82, 2.24) is 4.98 Å². The van der Waals surface area contributed by atoms with Crippen molar-refractivity contribution in [3.8, 4) is 0 Å². The van der Waals surface area contributed by atoms with Crippen molar-refractivity contribution in [2.45, 2.75) is 32.8 Å². The van der Waals surface area contributed by atoms with E-state index in [1.807, 2.05) is 6.92 Å². The Hall–Kier alpha value is -1.14. The molecule has 1 aromatic heterocycles. The summed E-state index contributed by atoms with van der Waals surface area (Å²) in [4.78, 5) is 16.4. The van der Waals surface area contributed by atoms with Crippen LogP contribution in [-0.2, 0) is 9.47 Å². The fraction of sp³-hybridized carbons (Fsp3) is 0.692. The number of thiazole rings is 1. The third-order valence-electron chi connectivity index (χ3n) is 3.43. The molecule has 1 saturated heterocycles. The molecule has 2 unspecified atom stereocenters. The number of methoxy groups -OCH3 is 1. The average molecular weight is 284 g/mol. The Bertz CT molecular complexity index is 447. The molecule has 0 saturated carbocycles. The van der Waals surface area contributed by atoms with E-state index in [2.05, 4.69) is 17.2 Å². The summed E-state index contributed by atoms with van der Waals surface area (Å²) in [7, 11) is 1.39. The van der Waals surface area contributed by atoms with Gasteiger partial charge in [0.1, 0.15) is 4.88 Å². The van der Waals surface area contributed by atoms with Gasteiger partial charge in [-0.1, -0.05) is 18.3 Å². The molecule has 0 amide bonds. The zero-order valence-electron chi connectivity index (χ0n) is 11.6. The monoisotopic (exact) mass is 284 g/mol. The lowest BCUT2D eigenvalue weighted by molar-refractivity contribution is 0.0605. The normalized spacial score (nSPS) is 22.5. The largest absolute Gasteiger partial charge is 0.465 e. The smallest absolute Gasteiger partial charge is 0.350 e. The van der Waals surface area contributed by atoms with Gasteiger partial charge in [0.15, 0.2) is 5.13 Å². The molecule has 106 valence electrons. The number of rotatable bonds is 5. The quantitative estimate of drug-likeness (QED) is 0.842. The number of carbonyl (C=O) groups is 1. The van der Waals surface area contributed by atoms with E-state index < -0.39 is 0 Å². The van der Waals surface area contributed by atoms with Gasteiger partial charge < -0.3 is 14.8 Å². The maximum Gasteiger partial charge on any atom is 0.350 e. The molecule has 1 aromatic rings. The maximum atomic E-state index is 11.5. The topological polar surface area (TPSA) is 60.5 Å². The van der Waals surface area contributed by atoms with Crippen LogP contribution in [0.25, 0.3) is 0 Å². The molecule has 0 aromatic carbocycles. The summed E-state index contributed by atoms with van der Waals surface area (Å²) in [5, 5.41) is 4.09. The van der Waals surface area contributed by atoms with E-state index in [1.165, 1.54) is 18.4 Å². The zero-order chi connectivity index (χ0) is 13.8. The molecule has 1 fully saturated rings. The van der Waals surface area contributed by atoms with E-state index >= 15 is 0 Å². The highest BCUT2D eigenvalue weighted by molar-refractivity contribution is 7.17. The lowest BCUT2D eigenvalue weighted by Crippen LogP contribution is -2.22. The first kappa shape index (κ1) is 14.3. The van der Waals surface area contributed by atoms with E-state index in [0.717, 1.165) is 31.1 Å². The minimum atomic E-state index is -0.321. The van der Waals surface area contributed by atoms with Crippen molar-refractivity contribution in [3.63, 3.8) is 0 Å². The zero-order valence-corrected chi connectivity index (χ0v) is 12.4. The molecule has 2 atom stereocenters. The molecule has 0 spiro atoms. The Labute approximate surface area is 117 Å². The molecular weight excluding hydrogens is 264 g/mol. The number of esters is 1. The first-order chi connectivity index (χ1) is 9.15. The van der Waals surface area contributed by atoms with Crippen molar-refractivity contribution in [2.75, 3.05) is 25.6 Å². The minimum absolute atomic E-state index is 0.321. The summed E-state index contributed by atoms with van der Waals surface area (Å²) in [5.41, 5.74) is 0.717. The van der Waals surface area contributed by atoms with Gasteiger partial charge in [-0.2, -0.15) is 0 Å². The van der Waals surface area contributed by atoms with Gasteiger partial charge in [0, 0.05) is 19.1 Å². The predicted molar refractivity (Wildman–Crippen MR) is 74.8 cm³/mol. The SMILES string of the molecule is CCC1OCCC1CNc1nc(C)c(C(=O)OC)s1. The summed E-state index contributed by atoms with van der Waals surface area (Å²) in [6.07, 6.45) is 2.46. The number of aryl methyl sites for hydroxylation is 1. The molecule has 0 radical (unpaired) electrons. The Balaban J connectivity index is 1.95. The standard InChI is InChI=1S/C13H20N2O3S/c1-4-10-9(5-6-18-10)7-14-13-15-8(2)11(19-13)12(16)17-3/h9-10H,4-7H2,1-3H3,(H,14,15). The molecule has 1 aliphatic heterocycles. The number of hydrogen-bond donors (Lipinski definition) is 1. The van der Waals surface area contributed by atoms with Crippen LogP contribution in [0.2, 0.25) is 0 Å². The minimum Gasteiger partial charge on any atom is -0.465 e. The van der Waals surface area contributed by atoms with Gasteiger partial charge >= 0.3 is 5.97 Å². The number of nitrogens with zero attached hydrogens (tertiary/aromatic N) is 1. The third kappa shape index (κ3) is 3.25. The summed E-state index contributed by atoms with van der Waals surface area (Å²) < 4.78 is 10.4. The van der Waals surface area contributed by atoms with Crippen LogP contribution in [0.4, 0.5) is 5.13 Å². The second-order valence-electron chi connectivity index (χ2n) is 4.67. The Kier molecular flexibility index (Phi) is 4.76. The van der Waals surface area contributed by atoms with Crippen LogP contribution in [0.15, 0.2) is 0 Å². The first-order valence-corrected chi connectivity index (χ1v) is 7.38. The van der Waals surface area contributed by atoms with Crippen LogP contribution < -0.4 is 5.32 Å². The molecule has 1 N–H and O–H groups in total. The number of anilines is 1. The Morgan fingerprint density at radius 3 is 3.11 bits per heavy atom. The molecule has 1 aliphatic rings. The Morgan fingerprint density at radius 2 is 2.42 bits per heavy atom. The molecule has 0 bridgehead atoms. The highest BCUT2D eigenvalue weighted by Crippen LogP contribution is 2.26. The van der Waals surface area contributed by atoms with E-state index in [-0.39, 0.29) is 5.97 Å². The third-order valence-corrected chi connectivity index (χ3v) is 4.53. The van der Waals surface area contributed by atoms with Crippen molar-refractivity contribution < 1.29 is 14.3 Å². The Morgan fingerprint density at radius 1 is 1.63 bits per heavy atom. The van der Waals surface area contributed by atoms with Gasteiger partial charge in [0.2, 0.25) is 0 Å². The molecule has 2 heterocycles. The van der Waals surface area contributed by atoms with Crippen molar-refractivity contribution >= 4 is 22.4 Å². The van der Waals surface area contributed by atoms with Crippen molar-refractivity contribution in [1.29, 1.82) is 0 Å². The number of ether oxygens (including phenoxy) is 2. The van der Waals surface area contributed by atoms with Crippen LogP contribution in [0.1, 0.15) is 35.1 Å². The summed E-state index contributed by atoms with van der Waals surface area (Å²) in [6.45, 7) is 5.65. The number of hydrogen-bond acceptors (Lipinski definition) is 6. The van der Waals surface area contributed by atoms with Crippen LogP contribution in [0.5, 0.6) is 0 Å². The molecule has 6 heteroatoms. The summed E-state index contributed by atoms with van der Waals surface area (Å²) in [6, 6.07) is 0. The number of nitrogens with one attached hydrogen (secondary N) is 1. The van der Waals surface area contributed by atoms with Gasteiger partial charge in [0.05, 0.1) is 18.9 Å². The fourth-order valence-electron chi connectivity index (χ4n) is 2.35. The van der Waals surface area contributed by atoms with Gasteiger partial charge in [-0.3, -0.25) is 0 Å². The number of carbonyl (C=O) groups excluding carboxylic acids is 1. The van der Waals surface area contributed by atoms with Crippen molar-refractivity contribution in [3.05, 3.63) is 10.6 Å². The van der Waals surface area contributed by atoms with E-state index in [1.54, 1.807) is 0 Å². The number of aromatic nitrogens is 1. The molecule has 19 heavy (non-hydrogen) atoms. The maximum absolute atomic E-state index is 11.5. The van der Waals surface area contributed by atoms with E-state index in [9.17, 15) is 4.79 Å². The van der Waals surface area contributed by atoms with Gasteiger partial charge in [-0.25, -0.2) is 9.78 Å². The molecular formula is C13H20N2O3S. The van der Waals surface area contributed by atoms with Crippen LogP contribution in [0, 0.1) is 12.8 Å². The summed E-state index contributed by atoms with van der Waals surface area (Å²) in [5.74, 6) is 0.203. The summed E-state index contributed by atoms with van der Waals surface area (Å²) >= 11 is 1.35. The van der Waals surface area contributed by atoms with Gasteiger partial charge in [-0.05, 0) is 19.8 Å². The molecule has 0 aliphatic carbocycles. The highest BCUT2D eigenvalue weighted by atomic mass is 32.1. The predicted octanol–water partition coefficient (Wildman–Crippen LogP) is 2.47. The van der Waals surface area contributed by atoms with Crippen LogP contribution in [-0.4, -0.2) is 37.3 Å². The second-order valence-corrected chi connectivity index (χ2v) is 5.67. The van der Waals surface area contributed by atoms with E-state index in [4.69, 9.17) is 9.47 Å². The van der Waals surface area contributed by atoms with Crippen LogP contribution >= 0.6 is 11.3 Å². The van der Waals surface area contributed by atoms with Crippen LogP contribution in [0.3, 0.4) is 0 Å². The van der Waals surface area contributed by atoms with Crippen molar-refractivity contribution in [2.24, 2.45) is 5.92 Å². The highest BCUT2D eigenvalue weighted by Gasteiger charge is 2.26. The van der Waals surface area contributed by atoms with E-state index in [0.29, 0.717) is 22.6 Å². The lowest BCUT2D eigenvalue weighted by Gasteiger charge is -2.16. The second kappa shape index (κ2) is 6.34. The molecule has 5 nitrogen and oxygen atoms in total. The molecule has 2 rings (SSSR count). The van der Waals surface area contributed by atoms with Gasteiger partial charge in [0.25, 0.3) is 0 Å². The van der Waals surface area contributed by atoms with Gasteiger partial charge in [-0.15, -0.1) is 0 Å². The lowest BCUT2D eigenvalue weighted by atomic mass is 10.00. The first-order valence-electron chi connectivity index (χ1n) is 6.57.